The standard InChI is InChI=1S/C15H20ClN3S/c1-10-7-13-15(17-9-10)19(14(8-16)18-13)11-3-5-12(20-2)6-4-11/h7,9,11-12H,3-6,8H2,1-2H3. The number of hydrogen-bond acceptors (Lipinski definition) is 3. The summed E-state index contributed by atoms with van der Waals surface area (Å²) >= 11 is 8.10. The van der Waals surface area contributed by atoms with E-state index in [0.717, 1.165) is 27.8 Å². The Bertz CT molecular complexity index is 602. The minimum atomic E-state index is 0.456. The molecule has 1 aliphatic carbocycles. The third kappa shape index (κ3) is 2.56. The number of hydrogen-bond donors (Lipinski definition) is 0. The van der Waals surface area contributed by atoms with Crippen LogP contribution >= 0.6 is 23.4 Å². The van der Waals surface area contributed by atoms with Crippen LogP contribution in [0.4, 0.5) is 0 Å². The van der Waals surface area contributed by atoms with Crippen LogP contribution in [0.2, 0.25) is 0 Å². The molecule has 0 amide bonds. The lowest BCUT2D eigenvalue weighted by Crippen LogP contribution is -2.21. The van der Waals surface area contributed by atoms with Gasteiger partial charge in [-0.3, -0.25) is 0 Å². The van der Waals surface area contributed by atoms with Crippen molar-refractivity contribution in [1.82, 2.24) is 14.5 Å². The molecule has 0 saturated heterocycles. The van der Waals surface area contributed by atoms with E-state index in [4.69, 9.17) is 11.6 Å². The molecule has 0 aliphatic heterocycles. The summed E-state index contributed by atoms with van der Waals surface area (Å²) in [5.41, 5.74) is 3.13. The number of aryl methyl sites for hydroxylation is 1. The van der Waals surface area contributed by atoms with E-state index < -0.39 is 0 Å². The lowest BCUT2D eigenvalue weighted by atomic mass is 9.94. The summed E-state index contributed by atoms with van der Waals surface area (Å²) in [6.07, 6.45) is 9.10. The summed E-state index contributed by atoms with van der Waals surface area (Å²) in [4.78, 5) is 9.27. The molecule has 0 bridgehead atoms. The lowest BCUT2D eigenvalue weighted by molar-refractivity contribution is 0.360. The summed E-state index contributed by atoms with van der Waals surface area (Å²) in [6, 6.07) is 2.61. The fourth-order valence-corrected chi connectivity index (χ4v) is 4.08. The van der Waals surface area contributed by atoms with E-state index in [-0.39, 0.29) is 0 Å². The molecule has 3 rings (SSSR count). The second-order valence-corrected chi connectivity index (χ2v) is 6.96. The second-order valence-electron chi connectivity index (χ2n) is 5.55. The molecule has 0 unspecified atom stereocenters. The van der Waals surface area contributed by atoms with Crippen molar-refractivity contribution in [2.45, 2.75) is 49.8 Å². The topological polar surface area (TPSA) is 30.7 Å². The predicted octanol–water partition coefficient (Wildman–Crippen LogP) is 4.33. The molecule has 2 heterocycles. The van der Waals surface area contributed by atoms with Crippen molar-refractivity contribution >= 4 is 34.5 Å². The van der Waals surface area contributed by atoms with Gasteiger partial charge in [0.1, 0.15) is 11.3 Å². The van der Waals surface area contributed by atoms with Crippen LogP contribution in [0.3, 0.4) is 0 Å². The Morgan fingerprint density at radius 2 is 2.10 bits per heavy atom. The number of nitrogens with zero attached hydrogens (tertiary/aromatic N) is 3. The maximum atomic E-state index is 6.10. The molecule has 0 N–H and O–H groups in total. The van der Waals surface area contributed by atoms with Gasteiger partial charge in [-0.2, -0.15) is 11.8 Å². The minimum absolute atomic E-state index is 0.456. The Morgan fingerprint density at radius 3 is 2.75 bits per heavy atom. The number of fused-ring (bicyclic) bond motifs is 1. The highest BCUT2D eigenvalue weighted by Crippen LogP contribution is 2.36. The first kappa shape index (κ1) is 14.2. The van der Waals surface area contributed by atoms with E-state index in [0.29, 0.717) is 11.9 Å². The van der Waals surface area contributed by atoms with Gasteiger partial charge < -0.3 is 4.57 Å². The lowest BCUT2D eigenvalue weighted by Gasteiger charge is -2.29. The first-order valence-corrected chi connectivity index (χ1v) is 8.97. The molecular weight excluding hydrogens is 290 g/mol. The van der Waals surface area contributed by atoms with Crippen molar-refractivity contribution in [3.05, 3.63) is 23.7 Å². The normalized spacial score (nSPS) is 23.4. The first-order valence-electron chi connectivity index (χ1n) is 7.15. The van der Waals surface area contributed by atoms with Gasteiger partial charge in [0, 0.05) is 17.5 Å². The molecule has 20 heavy (non-hydrogen) atoms. The molecule has 108 valence electrons. The second kappa shape index (κ2) is 5.94. The molecule has 0 aromatic carbocycles. The van der Waals surface area contributed by atoms with Gasteiger partial charge in [-0.25, -0.2) is 9.97 Å². The highest BCUT2D eigenvalue weighted by atomic mass is 35.5. The van der Waals surface area contributed by atoms with Gasteiger partial charge in [0.05, 0.1) is 5.88 Å². The van der Waals surface area contributed by atoms with Crippen molar-refractivity contribution in [2.24, 2.45) is 0 Å². The molecule has 1 saturated carbocycles. The Hall–Kier alpha value is -0.740. The van der Waals surface area contributed by atoms with Crippen LogP contribution in [0.25, 0.3) is 11.2 Å². The highest BCUT2D eigenvalue weighted by molar-refractivity contribution is 7.99. The van der Waals surface area contributed by atoms with Crippen LogP contribution in [0, 0.1) is 6.92 Å². The summed E-state index contributed by atoms with van der Waals surface area (Å²) in [5.74, 6) is 1.42. The third-order valence-corrected chi connectivity index (χ3v) is 5.58. The van der Waals surface area contributed by atoms with Crippen molar-refractivity contribution < 1.29 is 0 Å². The van der Waals surface area contributed by atoms with E-state index >= 15 is 0 Å². The SMILES string of the molecule is CSC1CCC(n2c(CCl)nc3cc(C)cnc32)CC1. The number of aromatic nitrogens is 3. The van der Waals surface area contributed by atoms with Crippen LogP contribution in [0.15, 0.2) is 12.3 Å². The summed E-state index contributed by atoms with van der Waals surface area (Å²) in [5, 5.41) is 0.815. The number of rotatable bonds is 3. The molecule has 2 aromatic heterocycles. The van der Waals surface area contributed by atoms with Crippen LogP contribution in [-0.2, 0) is 5.88 Å². The van der Waals surface area contributed by atoms with Crippen LogP contribution in [0.5, 0.6) is 0 Å². The summed E-state index contributed by atoms with van der Waals surface area (Å²) < 4.78 is 2.29. The van der Waals surface area contributed by atoms with Gasteiger partial charge in [0.15, 0.2) is 5.65 Å². The van der Waals surface area contributed by atoms with Crippen LogP contribution in [0.1, 0.15) is 43.1 Å². The largest absolute Gasteiger partial charge is 0.309 e. The van der Waals surface area contributed by atoms with Crippen molar-refractivity contribution in [2.75, 3.05) is 6.26 Å². The molecular formula is C15H20ClN3S. The predicted molar refractivity (Wildman–Crippen MR) is 86.6 cm³/mol. The van der Waals surface area contributed by atoms with Crippen LogP contribution < -0.4 is 0 Å². The minimum Gasteiger partial charge on any atom is -0.309 e. The monoisotopic (exact) mass is 309 g/mol. The van der Waals surface area contributed by atoms with Gasteiger partial charge in [-0.05, 0) is 50.5 Å². The quantitative estimate of drug-likeness (QED) is 0.791. The number of imidazole rings is 1. The Kier molecular flexibility index (Phi) is 4.22. The zero-order valence-electron chi connectivity index (χ0n) is 12.0. The number of thioether (sulfide) groups is 1. The Balaban J connectivity index is 1.97. The van der Waals surface area contributed by atoms with Crippen LogP contribution in [-0.4, -0.2) is 26.0 Å². The highest BCUT2D eigenvalue weighted by Gasteiger charge is 2.25. The molecule has 1 fully saturated rings. The molecule has 1 aliphatic rings. The number of alkyl halides is 1. The molecule has 3 nitrogen and oxygen atoms in total. The van der Waals surface area contributed by atoms with E-state index in [1.165, 1.54) is 25.7 Å². The van der Waals surface area contributed by atoms with Gasteiger partial charge in [0.25, 0.3) is 0 Å². The molecule has 0 radical (unpaired) electrons. The molecule has 2 aromatic rings. The fourth-order valence-electron chi connectivity index (χ4n) is 3.15. The summed E-state index contributed by atoms with van der Waals surface area (Å²) in [7, 11) is 0. The molecule has 0 atom stereocenters. The maximum Gasteiger partial charge on any atom is 0.160 e. The van der Waals surface area contributed by atoms with Gasteiger partial charge >= 0.3 is 0 Å². The Labute approximate surface area is 129 Å². The van der Waals surface area contributed by atoms with E-state index in [1.54, 1.807) is 0 Å². The average Bonchev–Trinajstić information content (AvgIpc) is 2.84. The fraction of sp³-hybridized carbons (Fsp3) is 0.600. The zero-order valence-corrected chi connectivity index (χ0v) is 13.5. The van der Waals surface area contributed by atoms with Crippen molar-refractivity contribution in [3.63, 3.8) is 0 Å². The summed E-state index contributed by atoms with van der Waals surface area (Å²) in [6.45, 7) is 2.05. The number of halogens is 1. The van der Waals surface area contributed by atoms with E-state index in [2.05, 4.69) is 33.8 Å². The van der Waals surface area contributed by atoms with Crippen molar-refractivity contribution in [1.29, 1.82) is 0 Å². The first-order chi connectivity index (χ1) is 9.72. The number of pyridine rings is 1. The van der Waals surface area contributed by atoms with Gasteiger partial charge in [-0.1, -0.05) is 0 Å². The van der Waals surface area contributed by atoms with Gasteiger partial charge in [0.2, 0.25) is 0 Å². The smallest absolute Gasteiger partial charge is 0.160 e. The molecule has 5 heteroatoms. The average molecular weight is 310 g/mol. The van der Waals surface area contributed by atoms with E-state index in [9.17, 15) is 0 Å². The zero-order chi connectivity index (χ0) is 14.1. The third-order valence-electron chi connectivity index (χ3n) is 4.20. The van der Waals surface area contributed by atoms with E-state index in [1.807, 2.05) is 18.0 Å². The Morgan fingerprint density at radius 1 is 1.35 bits per heavy atom. The van der Waals surface area contributed by atoms with Gasteiger partial charge in [-0.15, -0.1) is 11.6 Å². The molecule has 0 spiro atoms. The maximum absolute atomic E-state index is 6.10. The van der Waals surface area contributed by atoms with Crippen molar-refractivity contribution in [3.8, 4) is 0 Å².